The highest BCUT2D eigenvalue weighted by Gasteiger charge is 2.15. The zero-order chi connectivity index (χ0) is 18.4. The lowest BCUT2D eigenvalue weighted by Crippen LogP contribution is -2.35. The van der Waals surface area contributed by atoms with Crippen LogP contribution in [0.25, 0.3) is 0 Å². The molecule has 0 bridgehead atoms. The zero-order valence-electron chi connectivity index (χ0n) is 14.3. The molecule has 0 radical (unpaired) electrons. The van der Waals surface area contributed by atoms with Gasteiger partial charge in [0.05, 0.1) is 10.9 Å². The van der Waals surface area contributed by atoms with Crippen molar-refractivity contribution in [3.8, 4) is 0 Å². The van der Waals surface area contributed by atoms with Crippen molar-refractivity contribution in [1.29, 1.82) is 0 Å². The Hall–Kier alpha value is -2.38. The van der Waals surface area contributed by atoms with E-state index in [1.54, 1.807) is 48.5 Å². The van der Waals surface area contributed by atoms with E-state index in [0.29, 0.717) is 17.8 Å². The Kier molecular flexibility index (Phi) is 6.17. The summed E-state index contributed by atoms with van der Waals surface area (Å²) >= 11 is 0. The summed E-state index contributed by atoms with van der Waals surface area (Å²) in [5.41, 5.74) is 7.72. The molecule has 1 amide bonds. The number of hydrogen-bond donors (Lipinski definition) is 3. The molecule has 0 saturated heterocycles. The zero-order valence-corrected chi connectivity index (χ0v) is 15.1. The van der Waals surface area contributed by atoms with Crippen LogP contribution in [0.5, 0.6) is 0 Å². The molecule has 0 fully saturated rings. The molecule has 25 heavy (non-hydrogen) atoms. The van der Waals surface area contributed by atoms with E-state index >= 15 is 0 Å². The van der Waals surface area contributed by atoms with Gasteiger partial charge in [0.15, 0.2) is 0 Å². The SMILES string of the molecule is CCCC(N)C(=O)Nc1ccc(NS(=O)(=O)c2ccc(C)cc2)cc1. The molecule has 0 aromatic heterocycles. The summed E-state index contributed by atoms with van der Waals surface area (Å²) in [6.07, 6.45) is 1.44. The van der Waals surface area contributed by atoms with Gasteiger partial charge in [-0.2, -0.15) is 0 Å². The number of carbonyl (C=O) groups is 1. The second-order valence-electron chi connectivity index (χ2n) is 5.88. The summed E-state index contributed by atoms with van der Waals surface area (Å²) in [5.74, 6) is -0.255. The summed E-state index contributed by atoms with van der Waals surface area (Å²) < 4.78 is 27.2. The highest BCUT2D eigenvalue weighted by atomic mass is 32.2. The van der Waals surface area contributed by atoms with Gasteiger partial charge in [0.1, 0.15) is 0 Å². The Labute approximate surface area is 148 Å². The van der Waals surface area contributed by atoms with Crippen LogP contribution in [0.3, 0.4) is 0 Å². The molecule has 0 aliphatic rings. The van der Waals surface area contributed by atoms with Gasteiger partial charge in [0.25, 0.3) is 10.0 Å². The van der Waals surface area contributed by atoms with Crippen LogP contribution < -0.4 is 15.8 Å². The number of nitrogens with one attached hydrogen (secondary N) is 2. The van der Waals surface area contributed by atoms with Crippen LogP contribution in [0.4, 0.5) is 11.4 Å². The number of nitrogens with two attached hydrogens (primary N) is 1. The van der Waals surface area contributed by atoms with Gasteiger partial charge in [-0.05, 0) is 49.7 Å². The maximum Gasteiger partial charge on any atom is 0.261 e. The highest BCUT2D eigenvalue weighted by Crippen LogP contribution is 2.19. The molecule has 7 heteroatoms. The number of benzene rings is 2. The van der Waals surface area contributed by atoms with Crippen LogP contribution in [0.1, 0.15) is 25.3 Å². The first kappa shape index (κ1) is 19.0. The first-order chi connectivity index (χ1) is 11.8. The van der Waals surface area contributed by atoms with Gasteiger partial charge in [0, 0.05) is 11.4 Å². The molecular weight excluding hydrogens is 338 g/mol. The molecule has 2 rings (SSSR count). The first-order valence-electron chi connectivity index (χ1n) is 8.08. The monoisotopic (exact) mass is 361 g/mol. The molecule has 0 spiro atoms. The maximum absolute atomic E-state index is 12.3. The van der Waals surface area contributed by atoms with E-state index in [9.17, 15) is 13.2 Å². The summed E-state index contributed by atoms with van der Waals surface area (Å²) in [6.45, 7) is 3.85. The van der Waals surface area contributed by atoms with Crippen LogP contribution >= 0.6 is 0 Å². The third-order valence-electron chi connectivity index (χ3n) is 3.67. The fraction of sp³-hybridized carbons (Fsp3) is 0.278. The molecule has 2 aromatic rings. The lowest BCUT2D eigenvalue weighted by molar-refractivity contribution is -0.117. The number of hydrogen-bond acceptors (Lipinski definition) is 4. The molecule has 134 valence electrons. The van der Waals surface area contributed by atoms with Crippen molar-refractivity contribution in [3.63, 3.8) is 0 Å². The molecule has 1 atom stereocenters. The summed E-state index contributed by atoms with van der Waals surface area (Å²) in [4.78, 5) is 12.1. The fourth-order valence-corrected chi connectivity index (χ4v) is 3.29. The predicted octanol–water partition coefficient (Wildman–Crippen LogP) is 2.86. The van der Waals surface area contributed by atoms with E-state index in [1.807, 2.05) is 13.8 Å². The Balaban J connectivity index is 2.05. The largest absolute Gasteiger partial charge is 0.325 e. The minimum absolute atomic E-state index is 0.195. The summed E-state index contributed by atoms with van der Waals surface area (Å²) in [7, 11) is -3.64. The van der Waals surface area contributed by atoms with Gasteiger partial charge in [-0.3, -0.25) is 9.52 Å². The Morgan fingerprint density at radius 3 is 2.16 bits per heavy atom. The standard InChI is InChI=1S/C18H23N3O3S/c1-3-4-17(19)18(22)20-14-7-9-15(10-8-14)21-25(23,24)16-11-5-13(2)6-12-16/h5-12,17,21H,3-4,19H2,1-2H3,(H,20,22). The van der Waals surface area contributed by atoms with Crippen molar-refractivity contribution in [2.45, 2.75) is 37.6 Å². The number of rotatable bonds is 7. The minimum Gasteiger partial charge on any atom is -0.325 e. The average molecular weight is 361 g/mol. The van der Waals surface area contributed by atoms with E-state index in [0.717, 1.165) is 12.0 Å². The first-order valence-corrected chi connectivity index (χ1v) is 9.56. The molecule has 0 aliphatic heterocycles. The van der Waals surface area contributed by atoms with Crippen molar-refractivity contribution in [3.05, 3.63) is 54.1 Å². The third-order valence-corrected chi connectivity index (χ3v) is 5.07. The lowest BCUT2D eigenvalue weighted by Gasteiger charge is -2.12. The van der Waals surface area contributed by atoms with Crippen molar-refractivity contribution in [2.75, 3.05) is 10.0 Å². The fourth-order valence-electron chi connectivity index (χ4n) is 2.23. The van der Waals surface area contributed by atoms with Crippen LogP contribution in [-0.2, 0) is 14.8 Å². The van der Waals surface area contributed by atoms with Gasteiger partial charge in [-0.15, -0.1) is 0 Å². The topological polar surface area (TPSA) is 101 Å². The molecule has 2 aromatic carbocycles. The minimum atomic E-state index is -3.64. The second-order valence-corrected chi connectivity index (χ2v) is 7.56. The number of amides is 1. The Morgan fingerprint density at radius 2 is 1.60 bits per heavy atom. The van der Waals surface area contributed by atoms with Crippen LogP contribution in [0.15, 0.2) is 53.4 Å². The molecule has 1 unspecified atom stereocenters. The van der Waals surface area contributed by atoms with E-state index in [2.05, 4.69) is 10.0 Å². The molecule has 0 aliphatic carbocycles. The molecule has 6 nitrogen and oxygen atoms in total. The molecule has 0 heterocycles. The van der Waals surface area contributed by atoms with Crippen molar-refractivity contribution < 1.29 is 13.2 Å². The van der Waals surface area contributed by atoms with Gasteiger partial charge in [-0.25, -0.2) is 8.42 Å². The number of carbonyl (C=O) groups excluding carboxylic acids is 1. The quantitative estimate of drug-likeness (QED) is 0.706. The summed E-state index contributed by atoms with van der Waals surface area (Å²) in [5, 5.41) is 2.71. The van der Waals surface area contributed by atoms with Crippen molar-refractivity contribution in [2.24, 2.45) is 5.73 Å². The summed E-state index contributed by atoms with van der Waals surface area (Å²) in [6, 6.07) is 12.5. The van der Waals surface area contributed by atoms with Crippen molar-refractivity contribution in [1.82, 2.24) is 0 Å². The van der Waals surface area contributed by atoms with E-state index in [4.69, 9.17) is 5.73 Å². The van der Waals surface area contributed by atoms with Crippen LogP contribution in [0.2, 0.25) is 0 Å². The van der Waals surface area contributed by atoms with E-state index in [1.165, 1.54) is 0 Å². The number of sulfonamides is 1. The Bertz CT molecular complexity index is 816. The van der Waals surface area contributed by atoms with Gasteiger partial charge >= 0.3 is 0 Å². The predicted molar refractivity (Wildman–Crippen MR) is 99.9 cm³/mol. The third kappa shape index (κ3) is 5.30. The smallest absolute Gasteiger partial charge is 0.261 e. The van der Waals surface area contributed by atoms with Gasteiger partial charge in [0.2, 0.25) is 5.91 Å². The average Bonchev–Trinajstić information content (AvgIpc) is 2.57. The molecular formula is C18H23N3O3S. The Morgan fingerprint density at radius 1 is 1.04 bits per heavy atom. The van der Waals surface area contributed by atoms with Crippen LogP contribution in [-0.4, -0.2) is 20.4 Å². The molecule has 0 saturated carbocycles. The van der Waals surface area contributed by atoms with Gasteiger partial charge in [-0.1, -0.05) is 31.0 Å². The highest BCUT2D eigenvalue weighted by molar-refractivity contribution is 7.92. The normalized spacial score (nSPS) is 12.4. The van der Waals surface area contributed by atoms with Gasteiger partial charge < -0.3 is 11.1 Å². The van der Waals surface area contributed by atoms with Crippen molar-refractivity contribution >= 4 is 27.3 Å². The lowest BCUT2D eigenvalue weighted by atomic mass is 10.1. The van der Waals surface area contributed by atoms with E-state index < -0.39 is 16.1 Å². The molecule has 4 N–H and O–H groups in total. The van der Waals surface area contributed by atoms with Crippen LogP contribution in [0, 0.1) is 6.92 Å². The number of anilines is 2. The second kappa shape index (κ2) is 8.13. The maximum atomic E-state index is 12.3. The van der Waals surface area contributed by atoms with E-state index in [-0.39, 0.29) is 10.8 Å². The number of aryl methyl sites for hydroxylation is 1.